The van der Waals surface area contributed by atoms with Crippen LogP contribution in [0.4, 0.5) is 0 Å². The molecule has 0 saturated heterocycles. The molecule has 0 aliphatic rings. The van der Waals surface area contributed by atoms with Crippen LogP contribution in [-0.4, -0.2) is 15.8 Å². The van der Waals surface area contributed by atoms with E-state index >= 15 is 0 Å². The van der Waals surface area contributed by atoms with Crippen LogP contribution in [0.2, 0.25) is 0 Å². The van der Waals surface area contributed by atoms with Gasteiger partial charge in [-0.1, -0.05) is 24.6 Å². The molecule has 0 aliphatic carbocycles. The summed E-state index contributed by atoms with van der Waals surface area (Å²) in [6, 6.07) is 8.50. The van der Waals surface area contributed by atoms with E-state index < -0.39 is 0 Å². The lowest BCUT2D eigenvalue weighted by atomic mass is 10.0. The minimum atomic E-state index is 0.174. The highest BCUT2D eigenvalue weighted by Crippen LogP contribution is 2.23. The van der Waals surface area contributed by atoms with Crippen LogP contribution < -0.4 is 10.5 Å². The highest BCUT2D eigenvalue weighted by atomic mass is 16.5. The van der Waals surface area contributed by atoms with E-state index in [1.807, 2.05) is 30.8 Å². The van der Waals surface area contributed by atoms with Crippen molar-refractivity contribution in [2.24, 2.45) is 12.8 Å². The van der Waals surface area contributed by atoms with Gasteiger partial charge in [-0.05, 0) is 44.4 Å². The molecule has 1 atom stereocenters. The fourth-order valence-electron chi connectivity index (χ4n) is 2.39. The Bertz CT molecular complexity index is 604. The van der Waals surface area contributed by atoms with Gasteiger partial charge in [0.1, 0.15) is 12.4 Å². The lowest BCUT2D eigenvalue weighted by molar-refractivity contribution is 0.291. The number of hydrogen-bond donors (Lipinski definition) is 1. The Morgan fingerprint density at radius 1 is 1.29 bits per heavy atom. The second-order valence-electron chi connectivity index (χ2n) is 5.67. The summed E-state index contributed by atoms with van der Waals surface area (Å²) >= 11 is 0. The first kappa shape index (κ1) is 15.6. The zero-order valence-electron chi connectivity index (χ0n) is 13.4. The Kier molecular flexibility index (Phi) is 5.02. The van der Waals surface area contributed by atoms with Crippen LogP contribution in [0.15, 0.2) is 24.3 Å². The van der Waals surface area contributed by atoms with Crippen molar-refractivity contribution in [1.29, 1.82) is 0 Å². The molecule has 4 nitrogen and oxygen atoms in total. The van der Waals surface area contributed by atoms with Crippen molar-refractivity contribution in [2.75, 3.05) is 0 Å². The first-order chi connectivity index (χ1) is 9.99. The predicted molar refractivity (Wildman–Crippen MR) is 85.4 cm³/mol. The van der Waals surface area contributed by atoms with E-state index in [1.165, 1.54) is 11.1 Å². The largest absolute Gasteiger partial charge is 0.487 e. The molecule has 0 fully saturated rings. The fraction of sp³-hybridized carbons (Fsp3) is 0.471. The Hall–Kier alpha value is -1.81. The van der Waals surface area contributed by atoms with Crippen molar-refractivity contribution in [1.82, 2.24) is 9.78 Å². The van der Waals surface area contributed by atoms with Gasteiger partial charge in [-0.2, -0.15) is 5.10 Å². The van der Waals surface area contributed by atoms with Gasteiger partial charge in [-0.15, -0.1) is 0 Å². The standard InChI is InChI=1S/C17H25N3O/c1-5-15(18)10-14-8-12(2)6-7-17(14)21-11-16-9-13(3)19-20(16)4/h6-9,15H,5,10-11,18H2,1-4H3. The van der Waals surface area contributed by atoms with E-state index in [0.29, 0.717) is 6.61 Å². The molecule has 0 bridgehead atoms. The zero-order valence-corrected chi connectivity index (χ0v) is 13.4. The van der Waals surface area contributed by atoms with Crippen molar-refractivity contribution in [3.8, 4) is 5.75 Å². The van der Waals surface area contributed by atoms with Gasteiger partial charge in [0.25, 0.3) is 0 Å². The Morgan fingerprint density at radius 3 is 2.67 bits per heavy atom. The van der Waals surface area contributed by atoms with Crippen LogP contribution in [0.5, 0.6) is 5.75 Å². The van der Waals surface area contributed by atoms with Crippen molar-refractivity contribution in [3.05, 3.63) is 46.8 Å². The molecule has 1 aromatic heterocycles. The average molecular weight is 287 g/mol. The van der Waals surface area contributed by atoms with Crippen LogP contribution in [0.3, 0.4) is 0 Å². The minimum Gasteiger partial charge on any atom is -0.487 e. The molecule has 0 radical (unpaired) electrons. The van der Waals surface area contributed by atoms with E-state index in [2.05, 4.69) is 31.1 Å². The Morgan fingerprint density at radius 2 is 2.05 bits per heavy atom. The summed E-state index contributed by atoms with van der Waals surface area (Å²) in [5.74, 6) is 0.920. The maximum Gasteiger partial charge on any atom is 0.130 e. The normalized spacial score (nSPS) is 12.4. The van der Waals surface area contributed by atoms with Crippen molar-refractivity contribution < 1.29 is 4.74 Å². The van der Waals surface area contributed by atoms with E-state index in [-0.39, 0.29) is 6.04 Å². The van der Waals surface area contributed by atoms with Crippen LogP contribution in [0.25, 0.3) is 0 Å². The van der Waals surface area contributed by atoms with Crippen LogP contribution in [0.1, 0.15) is 35.9 Å². The number of aromatic nitrogens is 2. The van der Waals surface area contributed by atoms with E-state index in [4.69, 9.17) is 10.5 Å². The maximum absolute atomic E-state index is 6.09. The zero-order chi connectivity index (χ0) is 15.4. The lowest BCUT2D eigenvalue weighted by Crippen LogP contribution is -2.21. The molecule has 21 heavy (non-hydrogen) atoms. The highest BCUT2D eigenvalue weighted by Gasteiger charge is 2.10. The summed E-state index contributed by atoms with van der Waals surface area (Å²) in [6.45, 7) is 6.71. The van der Waals surface area contributed by atoms with Gasteiger partial charge in [0.15, 0.2) is 0 Å². The monoisotopic (exact) mass is 287 g/mol. The number of benzene rings is 1. The highest BCUT2D eigenvalue weighted by molar-refractivity contribution is 5.37. The summed E-state index contributed by atoms with van der Waals surface area (Å²) in [7, 11) is 1.94. The van der Waals surface area contributed by atoms with Gasteiger partial charge < -0.3 is 10.5 Å². The SMILES string of the molecule is CCC(N)Cc1cc(C)ccc1OCc1cc(C)nn1C. The smallest absolute Gasteiger partial charge is 0.130 e. The molecular weight excluding hydrogens is 262 g/mol. The molecule has 0 aliphatic heterocycles. The van der Waals surface area contributed by atoms with Gasteiger partial charge in [-0.3, -0.25) is 4.68 Å². The number of aryl methyl sites for hydroxylation is 3. The van der Waals surface area contributed by atoms with Gasteiger partial charge in [0.05, 0.1) is 11.4 Å². The average Bonchev–Trinajstić information content (AvgIpc) is 2.76. The molecule has 0 amide bonds. The fourth-order valence-corrected chi connectivity index (χ4v) is 2.39. The van der Waals surface area contributed by atoms with Crippen LogP contribution in [0, 0.1) is 13.8 Å². The quantitative estimate of drug-likeness (QED) is 0.889. The number of nitrogens with two attached hydrogens (primary N) is 1. The number of ether oxygens (including phenoxy) is 1. The molecule has 2 N–H and O–H groups in total. The summed E-state index contributed by atoms with van der Waals surface area (Å²) in [5, 5.41) is 4.34. The predicted octanol–water partition coefficient (Wildman–Crippen LogP) is 2.90. The first-order valence-corrected chi connectivity index (χ1v) is 7.47. The molecule has 1 unspecified atom stereocenters. The third kappa shape index (κ3) is 4.08. The van der Waals surface area contributed by atoms with E-state index in [1.54, 1.807) is 0 Å². The molecule has 4 heteroatoms. The van der Waals surface area contributed by atoms with Crippen LogP contribution in [-0.2, 0) is 20.1 Å². The first-order valence-electron chi connectivity index (χ1n) is 7.47. The number of rotatable bonds is 6. The second-order valence-corrected chi connectivity index (χ2v) is 5.67. The van der Waals surface area contributed by atoms with Gasteiger partial charge in [-0.25, -0.2) is 0 Å². The molecule has 114 valence electrons. The summed E-state index contributed by atoms with van der Waals surface area (Å²) in [5.41, 5.74) is 10.6. The van der Waals surface area contributed by atoms with Crippen molar-refractivity contribution in [3.63, 3.8) is 0 Å². The third-order valence-electron chi connectivity index (χ3n) is 3.70. The van der Waals surface area contributed by atoms with E-state index in [0.717, 1.165) is 30.0 Å². The lowest BCUT2D eigenvalue weighted by Gasteiger charge is -2.15. The molecule has 1 heterocycles. The second kappa shape index (κ2) is 6.76. The third-order valence-corrected chi connectivity index (χ3v) is 3.70. The molecule has 0 spiro atoms. The summed E-state index contributed by atoms with van der Waals surface area (Å²) in [6.07, 6.45) is 1.81. The Balaban J connectivity index is 2.13. The molecule has 0 saturated carbocycles. The van der Waals surface area contributed by atoms with Gasteiger partial charge in [0.2, 0.25) is 0 Å². The number of hydrogen-bond acceptors (Lipinski definition) is 3. The van der Waals surface area contributed by atoms with Gasteiger partial charge >= 0.3 is 0 Å². The molecule has 2 aromatic rings. The minimum absolute atomic E-state index is 0.174. The Labute approximate surface area is 126 Å². The van der Waals surface area contributed by atoms with Crippen LogP contribution >= 0.6 is 0 Å². The molecular formula is C17H25N3O. The van der Waals surface area contributed by atoms with Gasteiger partial charge in [0, 0.05) is 13.1 Å². The van der Waals surface area contributed by atoms with Crippen molar-refractivity contribution >= 4 is 0 Å². The van der Waals surface area contributed by atoms with E-state index in [9.17, 15) is 0 Å². The summed E-state index contributed by atoms with van der Waals surface area (Å²) < 4.78 is 7.86. The molecule has 1 aromatic carbocycles. The maximum atomic E-state index is 6.09. The van der Waals surface area contributed by atoms with Crippen molar-refractivity contribution in [2.45, 2.75) is 46.3 Å². The topological polar surface area (TPSA) is 53.1 Å². The number of nitrogens with zero attached hydrogens (tertiary/aromatic N) is 2. The molecule has 2 rings (SSSR count). The summed E-state index contributed by atoms with van der Waals surface area (Å²) in [4.78, 5) is 0.